The van der Waals surface area contributed by atoms with Crippen molar-refractivity contribution in [2.75, 3.05) is 41.2 Å². The highest BCUT2D eigenvalue weighted by Crippen LogP contribution is 2.32. The summed E-state index contributed by atoms with van der Waals surface area (Å²) in [7, 11) is 5.84. The second kappa shape index (κ2) is 10.8. The fourth-order valence-electron chi connectivity index (χ4n) is 2.70. The number of hydrogen-bond acceptors (Lipinski definition) is 11. The number of thioether (sulfide) groups is 1. The number of ether oxygens (including phenoxy) is 3. The number of carbonyl (C=O) groups is 2. The number of aliphatic imine (C=N–C) groups is 1. The third-order valence-electron chi connectivity index (χ3n) is 4.11. The molecule has 1 unspecified atom stereocenters. The Balaban J connectivity index is 2.67. The molecule has 0 N–H and O–H groups in total. The van der Waals surface area contributed by atoms with Gasteiger partial charge in [-0.3, -0.25) is 19.7 Å². The van der Waals surface area contributed by atoms with Crippen LogP contribution in [0.15, 0.2) is 34.8 Å². The van der Waals surface area contributed by atoms with Crippen LogP contribution in [0.1, 0.15) is 17.3 Å². The number of hydroxylamine groups is 2. The molecule has 0 aliphatic carbocycles. The summed E-state index contributed by atoms with van der Waals surface area (Å²) in [5.74, 6) is -1.36. The minimum Gasteiger partial charge on any atom is -0.497 e. The smallest absolute Gasteiger partial charge is 0.364 e. The van der Waals surface area contributed by atoms with E-state index in [9.17, 15) is 19.7 Å². The average Bonchev–Trinajstić information content (AvgIpc) is 2.77. The molecule has 0 bridgehead atoms. The van der Waals surface area contributed by atoms with E-state index in [-0.39, 0.29) is 29.6 Å². The summed E-state index contributed by atoms with van der Waals surface area (Å²) in [4.78, 5) is 46.7. The van der Waals surface area contributed by atoms with Gasteiger partial charge in [-0.2, -0.15) is 5.06 Å². The van der Waals surface area contributed by atoms with Gasteiger partial charge in [-0.1, -0.05) is 0 Å². The number of esters is 1. The van der Waals surface area contributed by atoms with Crippen molar-refractivity contribution >= 4 is 29.4 Å². The molecule has 1 heterocycles. The highest BCUT2D eigenvalue weighted by molar-refractivity contribution is 7.99. The molecule has 13 heteroatoms. The first-order valence-corrected chi connectivity index (χ1v) is 10.6. The molecule has 32 heavy (non-hydrogen) atoms. The van der Waals surface area contributed by atoms with Crippen molar-refractivity contribution in [2.45, 2.75) is 12.4 Å². The molecule has 1 aliphatic heterocycles. The van der Waals surface area contributed by atoms with Gasteiger partial charge in [0.15, 0.2) is 5.50 Å². The molecule has 1 aromatic carbocycles. The minimum atomic E-state index is -0.968. The van der Waals surface area contributed by atoms with Gasteiger partial charge >= 0.3 is 17.5 Å². The van der Waals surface area contributed by atoms with Crippen LogP contribution in [0.5, 0.6) is 11.5 Å². The SMILES string of the molecule is CCOC(=O)C1=NC(SC)N(OC)C(Oc2cc(OC)cc(C(=O)N(C)C)c2)=C1[N+](=O)[O-]. The Bertz CT molecular complexity index is 963. The van der Waals surface area contributed by atoms with Gasteiger partial charge in [-0.05, 0) is 25.3 Å². The molecule has 0 aromatic heterocycles. The number of carbonyl (C=O) groups excluding carboxylic acids is 2. The lowest BCUT2D eigenvalue weighted by molar-refractivity contribution is -0.421. The van der Waals surface area contributed by atoms with Crippen molar-refractivity contribution in [3.8, 4) is 11.5 Å². The molecular weight excluding hydrogens is 444 g/mol. The predicted octanol–water partition coefficient (Wildman–Crippen LogP) is 1.75. The Kier molecular flexibility index (Phi) is 8.43. The Morgan fingerprint density at radius 2 is 1.91 bits per heavy atom. The van der Waals surface area contributed by atoms with Crippen molar-refractivity contribution in [3.63, 3.8) is 0 Å². The van der Waals surface area contributed by atoms with Crippen LogP contribution < -0.4 is 9.47 Å². The standard InChI is InChI=1S/C19H24N4O8S/c1-7-30-18(25)14-15(23(26)27)17(22(29-5)19(20-14)32-6)31-13-9-11(16(24)21(2)3)8-12(10-13)28-4/h8-10,19H,7H2,1-6H3. The zero-order chi connectivity index (χ0) is 24.0. The summed E-state index contributed by atoms with van der Waals surface area (Å²) in [6, 6.07) is 4.34. The summed E-state index contributed by atoms with van der Waals surface area (Å²) in [6.07, 6.45) is 1.68. The molecule has 2 rings (SSSR count). The normalized spacial score (nSPS) is 15.8. The Labute approximate surface area is 188 Å². The molecule has 1 amide bonds. The van der Waals surface area contributed by atoms with Gasteiger partial charge in [0.25, 0.3) is 5.91 Å². The van der Waals surface area contributed by atoms with Crippen molar-refractivity contribution in [1.82, 2.24) is 9.96 Å². The van der Waals surface area contributed by atoms with Crippen molar-refractivity contribution in [3.05, 3.63) is 45.5 Å². The molecule has 12 nitrogen and oxygen atoms in total. The minimum absolute atomic E-state index is 0.00283. The summed E-state index contributed by atoms with van der Waals surface area (Å²) in [5.41, 5.74) is -1.88. The monoisotopic (exact) mass is 468 g/mol. The lowest BCUT2D eigenvalue weighted by Gasteiger charge is -2.31. The van der Waals surface area contributed by atoms with Crippen LogP contribution in [0.25, 0.3) is 0 Å². The number of nitro groups is 1. The first kappa shape index (κ1) is 24.9. The Morgan fingerprint density at radius 3 is 2.41 bits per heavy atom. The van der Waals surface area contributed by atoms with Gasteiger partial charge in [0.2, 0.25) is 5.71 Å². The van der Waals surface area contributed by atoms with Crippen LogP contribution in [0.4, 0.5) is 0 Å². The zero-order valence-electron chi connectivity index (χ0n) is 18.5. The fraction of sp³-hybridized carbons (Fsp3) is 0.421. The molecule has 0 radical (unpaired) electrons. The van der Waals surface area contributed by atoms with Crippen molar-refractivity contribution in [1.29, 1.82) is 0 Å². The molecule has 1 atom stereocenters. The Morgan fingerprint density at radius 1 is 1.25 bits per heavy atom. The highest BCUT2D eigenvalue weighted by Gasteiger charge is 2.44. The zero-order valence-corrected chi connectivity index (χ0v) is 19.3. The van der Waals surface area contributed by atoms with Gasteiger partial charge in [0, 0.05) is 25.7 Å². The average molecular weight is 468 g/mol. The molecular formula is C19H24N4O8S. The largest absolute Gasteiger partial charge is 0.497 e. The summed E-state index contributed by atoms with van der Waals surface area (Å²) in [6.45, 7) is 1.57. The first-order valence-electron chi connectivity index (χ1n) is 9.27. The summed E-state index contributed by atoms with van der Waals surface area (Å²) in [5, 5.41) is 13.0. The van der Waals surface area contributed by atoms with E-state index in [0.29, 0.717) is 0 Å². The highest BCUT2D eigenvalue weighted by atomic mass is 32.2. The number of benzene rings is 1. The number of rotatable bonds is 9. The van der Waals surface area contributed by atoms with Crippen LogP contribution in [-0.2, 0) is 14.4 Å². The van der Waals surface area contributed by atoms with Crippen LogP contribution >= 0.6 is 11.8 Å². The topological polar surface area (TPSA) is 133 Å². The molecule has 1 aromatic rings. The molecule has 0 spiro atoms. The van der Waals surface area contributed by atoms with Gasteiger partial charge in [0.1, 0.15) is 11.5 Å². The van der Waals surface area contributed by atoms with Gasteiger partial charge in [-0.25, -0.2) is 9.79 Å². The van der Waals surface area contributed by atoms with Crippen LogP contribution in [0, 0.1) is 10.1 Å². The molecule has 0 saturated carbocycles. The van der Waals surface area contributed by atoms with E-state index in [4.69, 9.17) is 19.0 Å². The third kappa shape index (κ3) is 5.29. The maximum atomic E-state index is 12.4. The molecule has 0 saturated heterocycles. The number of methoxy groups -OCH3 is 1. The second-order valence-electron chi connectivity index (χ2n) is 6.38. The Hall–Kier alpha value is -3.32. The molecule has 174 valence electrons. The third-order valence-corrected chi connectivity index (χ3v) is 4.83. The van der Waals surface area contributed by atoms with E-state index in [1.807, 2.05) is 0 Å². The van der Waals surface area contributed by atoms with Crippen molar-refractivity contribution in [2.24, 2.45) is 4.99 Å². The number of amides is 1. The van der Waals surface area contributed by atoms with E-state index in [1.165, 1.54) is 37.3 Å². The fourth-order valence-corrected chi connectivity index (χ4v) is 3.28. The van der Waals surface area contributed by atoms with E-state index in [1.54, 1.807) is 27.3 Å². The summed E-state index contributed by atoms with van der Waals surface area (Å²) >= 11 is 1.15. The lowest BCUT2D eigenvalue weighted by Crippen LogP contribution is -2.42. The van der Waals surface area contributed by atoms with Gasteiger partial charge < -0.3 is 19.1 Å². The van der Waals surface area contributed by atoms with Crippen LogP contribution in [0.2, 0.25) is 0 Å². The maximum Gasteiger partial charge on any atom is 0.364 e. The lowest BCUT2D eigenvalue weighted by atomic mass is 10.1. The number of hydrogen-bond donors (Lipinski definition) is 0. The first-order chi connectivity index (χ1) is 15.2. The molecule has 0 fully saturated rings. The quantitative estimate of drug-likeness (QED) is 0.300. The maximum absolute atomic E-state index is 12.4. The van der Waals surface area contributed by atoms with E-state index in [2.05, 4.69) is 4.99 Å². The van der Waals surface area contributed by atoms with Crippen LogP contribution in [0.3, 0.4) is 0 Å². The molecule has 1 aliphatic rings. The number of nitrogens with zero attached hydrogens (tertiary/aromatic N) is 4. The van der Waals surface area contributed by atoms with E-state index >= 15 is 0 Å². The van der Waals surface area contributed by atoms with Gasteiger partial charge in [-0.15, -0.1) is 11.8 Å². The van der Waals surface area contributed by atoms with Gasteiger partial charge in [0.05, 0.1) is 25.7 Å². The van der Waals surface area contributed by atoms with E-state index < -0.39 is 33.7 Å². The second-order valence-corrected chi connectivity index (χ2v) is 7.27. The van der Waals surface area contributed by atoms with Crippen molar-refractivity contribution < 1.29 is 33.6 Å². The van der Waals surface area contributed by atoms with Crippen LogP contribution in [-0.4, -0.2) is 79.2 Å². The predicted molar refractivity (Wildman–Crippen MR) is 116 cm³/mol. The summed E-state index contributed by atoms with van der Waals surface area (Å²) < 4.78 is 16.0. The van der Waals surface area contributed by atoms with E-state index in [0.717, 1.165) is 16.8 Å².